The van der Waals surface area contributed by atoms with Crippen molar-refractivity contribution in [1.29, 1.82) is 0 Å². The zero-order valence-corrected chi connectivity index (χ0v) is 30.9. The summed E-state index contributed by atoms with van der Waals surface area (Å²) in [4.78, 5) is 10.1. The van der Waals surface area contributed by atoms with Crippen LogP contribution in [0.5, 0.6) is 5.75 Å². The standard InChI is InChI=1S/C44H48N2OS/c1-26(2)28-17-29(27(3)4)19-30(18-28)31-20-32(22-33(21-31)38-24-34(15-16-45-38)43(5,6)7)37-23-35(44(8,9)10)25-40-41(37)46-42(48-40)36-13-11-12-14-39(36)47/h11-27,47H,1-10H3. The molecule has 0 aliphatic carbocycles. The molecule has 2 heterocycles. The van der Waals surface area contributed by atoms with E-state index in [-0.39, 0.29) is 16.6 Å². The van der Waals surface area contributed by atoms with Crippen LogP contribution >= 0.6 is 11.3 Å². The summed E-state index contributed by atoms with van der Waals surface area (Å²) in [6.45, 7) is 22.6. The first kappa shape index (κ1) is 33.6. The van der Waals surface area contributed by atoms with Gasteiger partial charge in [-0.15, -0.1) is 11.3 Å². The molecule has 2 aromatic heterocycles. The summed E-state index contributed by atoms with van der Waals surface area (Å²) in [5, 5.41) is 11.6. The van der Waals surface area contributed by atoms with E-state index in [0.29, 0.717) is 11.8 Å². The lowest BCUT2D eigenvalue weighted by Crippen LogP contribution is -2.11. The molecule has 0 aliphatic heterocycles. The molecule has 0 aliphatic rings. The van der Waals surface area contributed by atoms with E-state index >= 15 is 0 Å². The first-order valence-corrected chi connectivity index (χ1v) is 17.9. The lowest BCUT2D eigenvalue weighted by atomic mass is 9.84. The maximum absolute atomic E-state index is 10.7. The Morgan fingerprint density at radius 1 is 0.604 bits per heavy atom. The van der Waals surface area contributed by atoms with E-state index in [1.807, 2.05) is 24.4 Å². The number of phenols is 1. The second-order valence-electron chi connectivity index (χ2n) is 15.8. The van der Waals surface area contributed by atoms with E-state index in [9.17, 15) is 5.11 Å². The van der Waals surface area contributed by atoms with Crippen molar-refractivity contribution in [2.45, 2.75) is 91.9 Å². The summed E-state index contributed by atoms with van der Waals surface area (Å²) in [6.07, 6.45) is 1.94. The molecule has 0 spiro atoms. The quantitative estimate of drug-likeness (QED) is 0.195. The van der Waals surface area contributed by atoms with Crippen LogP contribution in [0.4, 0.5) is 0 Å². The molecular formula is C44H48N2OS. The van der Waals surface area contributed by atoms with Crippen molar-refractivity contribution in [2.24, 2.45) is 0 Å². The summed E-state index contributed by atoms with van der Waals surface area (Å²) in [5.74, 6) is 1.08. The number of hydrogen-bond acceptors (Lipinski definition) is 4. The second kappa shape index (κ2) is 12.6. The van der Waals surface area contributed by atoms with Crippen molar-refractivity contribution in [3.63, 3.8) is 0 Å². The number of nitrogens with zero attached hydrogens (tertiary/aromatic N) is 2. The Morgan fingerprint density at radius 3 is 1.83 bits per heavy atom. The number of para-hydroxylation sites is 1. The van der Waals surface area contributed by atoms with Gasteiger partial charge in [-0.1, -0.05) is 99.6 Å². The third-order valence-corrected chi connectivity index (χ3v) is 10.3. The number of fused-ring (bicyclic) bond motifs is 1. The number of pyridine rings is 1. The van der Waals surface area contributed by atoms with Gasteiger partial charge in [0.25, 0.3) is 0 Å². The molecule has 6 rings (SSSR count). The minimum absolute atomic E-state index is 0.00307. The van der Waals surface area contributed by atoms with Crippen LogP contribution in [0.25, 0.3) is 54.3 Å². The van der Waals surface area contributed by atoms with Crippen LogP contribution in [-0.4, -0.2) is 15.1 Å². The number of phenolic OH excluding ortho intramolecular Hbond substituents is 1. The fraction of sp³-hybridized carbons (Fsp3) is 0.318. The van der Waals surface area contributed by atoms with Gasteiger partial charge in [0, 0.05) is 17.3 Å². The zero-order valence-electron chi connectivity index (χ0n) is 30.1. The van der Waals surface area contributed by atoms with Gasteiger partial charge in [0.2, 0.25) is 0 Å². The molecule has 0 saturated heterocycles. The van der Waals surface area contributed by atoms with Crippen molar-refractivity contribution in [2.75, 3.05) is 0 Å². The van der Waals surface area contributed by atoms with Gasteiger partial charge in [0.15, 0.2) is 0 Å². The van der Waals surface area contributed by atoms with Gasteiger partial charge in [0.05, 0.1) is 21.5 Å². The third-order valence-electron chi connectivity index (χ3n) is 9.31. The maximum atomic E-state index is 10.7. The lowest BCUT2D eigenvalue weighted by molar-refractivity contribution is 0.477. The predicted octanol–water partition coefficient (Wildman–Crippen LogP) is 12.9. The average Bonchev–Trinajstić information content (AvgIpc) is 3.47. The minimum Gasteiger partial charge on any atom is -0.507 e. The van der Waals surface area contributed by atoms with E-state index < -0.39 is 0 Å². The number of benzene rings is 4. The number of aromatic nitrogens is 2. The number of thiazole rings is 1. The van der Waals surface area contributed by atoms with Crippen LogP contribution in [0.2, 0.25) is 0 Å². The van der Waals surface area contributed by atoms with Crippen LogP contribution < -0.4 is 0 Å². The highest BCUT2D eigenvalue weighted by Crippen LogP contribution is 2.43. The van der Waals surface area contributed by atoms with Gasteiger partial charge in [-0.2, -0.15) is 0 Å². The van der Waals surface area contributed by atoms with Crippen LogP contribution in [0.1, 0.15) is 103 Å². The van der Waals surface area contributed by atoms with Crippen LogP contribution in [0, 0.1) is 0 Å². The first-order valence-electron chi connectivity index (χ1n) is 17.1. The minimum atomic E-state index is -0.0667. The fourth-order valence-corrected chi connectivity index (χ4v) is 7.18. The van der Waals surface area contributed by atoms with Gasteiger partial charge in [-0.05, 0) is 116 Å². The van der Waals surface area contributed by atoms with Crippen molar-refractivity contribution in [1.82, 2.24) is 9.97 Å². The highest BCUT2D eigenvalue weighted by Gasteiger charge is 2.22. The molecule has 0 fully saturated rings. The van der Waals surface area contributed by atoms with Gasteiger partial charge in [-0.3, -0.25) is 4.98 Å². The Morgan fingerprint density at radius 2 is 1.21 bits per heavy atom. The van der Waals surface area contributed by atoms with E-state index in [2.05, 4.69) is 130 Å². The Balaban J connectivity index is 1.67. The molecule has 0 saturated carbocycles. The SMILES string of the molecule is CC(C)c1cc(-c2cc(-c3cc(C(C)(C)C)ccn3)cc(-c3cc(C(C)(C)C)cc4sc(-c5ccccc5O)nc34)c2)cc(C(C)C)c1. The van der Waals surface area contributed by atoms with Gasteiger partial charge in [-0.25, -0.2) is 4.98 Å². The van der Waals surface area contributed by atoms with Crippen molar-refractivity contribution in [3.05, 3.63) is 113 Å². The largest absolute Gasteiger partial charge is 0.507 e. The molecule has 4 heteroatoms. The lowest BCUT2D eigenvalue weighted by Gasteiger charge is -2.21. The average molecular weight is 653 g/mol. The third kappa shape index (κ3) is 6.82. The fourth-order valence-electron chi connectivity index (χ4n) is 6.11. The summed E-state index contributed by atoms with van der Waals surface area (Å²) in [6, 6.07) is 30.5. The monoisotopic (exact) mass is 652 g/mol. The Kier molecular flexibility index (Phi) is 8.85. The molecule has 246 valence electrons. The summed E-state index contributed by atoms with van der Waals surface area (Å²) in [7, 11) is 0. The maximum Gasteiger partial charge on any atom is 0.128 e. The van der Waals surface area contributed by atoms with Crippen molar-refractivity contribution >= 4 is 21.6 Å². The molecular weight excluding hydrogens is 605 g/mol. The zero-order chi connectivity index (χ0) is 34.5. The summed E-state index contributed by atoms with van der Waals surface area (Å²) < 4.78 is 1.11. The highest BCUT2D eigenvalue weighted by molar-refractivity contribution is 7.21. The smallest absolute Gasteiger partial charge is 0.128 e. The van der Waals surface area contributed by atoms with E-state index in [1.54, 1.807) is 17.4 Å². The topological polar surface area (TPSA) is 46.0 Å². The first-order chi connectivity index (χ1) is 22.6. The van der Waals surface area contributed by atoms with Crippen LogP contribution in [0.3, 0.4) is 0 Å². The second-order valence-corrected chi connectivity index (χ2v) is 16.9. The molecule has 0 radical (unpaired) electrons. The molecule has 48 heavy (non-hydrogen) atoms. The van der Waals surface area contributed by atoms with Gasteiger partial charge >= 0.3 is 0 Å². The van der Waals surface area contributed by atoms with Gasteiger partial charge in [0.1, 0.15) is 10.8 Å². The van der Waals surface area contributed by atoms with Crippen LogP contribution in [0.15, 0.2) is 91.1 Å². The predicted molar refractivity (Wildman–Crippen MR) is 206 cm³/mol. The number of aromatic hydroxyl groups is 1. The summed E-state index contributed by atoms with van der Waals surface area (Å²) in [5.41, 5.74) is 13.5. The molecule has 0 unspecified atom stereocenters. The normalized spacial score (nSPS) is 12.4. The van der Waals surface area contributed by atoms with Crippen molar-refractivity contribution in [3.8, 4) is 49.8 Å². The Labute approximate surface area is 290 Å². The molecule has 3 nitrogen and oxygen atoms in total. The molecule has 0 atom stereocenters. The van der Waals surface area contributed by atoms with E-state index in [1.165, 1.54) is 33.4 Å². The van der Waals surface area contributed by atoms with Crippen LogP contribution in [-0.2, 0) is 10.8 Å². The molecule has 0 bridgehead atoms. The Hall–Kier alpha value is -4.28. The molecule has 1 N–H and O–H groups in total. The van der Waals surface area contributed by atoms with Gasteiger partial charge < -0.3 is 5.11 Å². The van der Waals surface area contributed by atoms with E-state index in [0.717, 1.165) is 43.2 Å². The molecule has 4 aromatic carbocycles. The van der Waals surface area contributed by atoms with E-state index in [4.69, 9.17) is 9.97 Å². The highest BCUT2D eigenvalue weighted by atomic mass is 32.1. The van der Waals surface area contributed by atoms with Crippen molar-refractivity contribution < 1.29 is 5.11 Å². The molecule has 0 amide bonds. The number of hydrogen-bond donors (Lipinski definition) is 1. The number of rotatable bonds is 6. The molecule has 6 aromatic rings. The Bertz CT molecular complexity index is 2100. The summed E-state index contributed by atoms with van der Waals surface area (Å²) >= 11 is 1.64.